The van der Waals surface area contributed by atoms with E-state index in [1.165, 1.54) is 16.5 Å². The van der Waals surface area contributed by atoms with Crippen LogP contribution in [-0.2, 0) is 53.4 Å². The van der Waals surface area contributed by atoms with Gasteiger partial charge in [0.2, 0.25) is 27.7 Å². The first-order valence-electron chi connectivity index (χ1n) is 18.6. The lowest BCUT2D eigenvalue weighted by atomic mass is 9.95. The Morgan fingerprint density at radius 2 is 1.69 bits per heavy atom. The van der Waals surface area contributed by atoms with Crippen LogP contribution in [0.1, 0.15) is 100 Å². The van der Waals surface area contributed by atoms with Crippen LogP contribution in [0.5, 0.6) is 0 Å². The molecular formula is C37H49N5O8S. The number of carbonyl (C=O) groups excluding carboxylic acids is 5. The molecule has 3 aliphatic carbocycles. The summed E-state index contributed by atoms with van der Waals surface area (Å²) in [5, 5.41) is 5.18. The van der Waals surface area contributed by atoms with Gasteiger partial charge in [0.25, 0.3) is 5.91 Å². The number of amides is 5. The van der Waals surface area contributed by atoms with Gasteiger partial charge < -0.3 is 20.3 Å². The van der Waals surface area contributed by atoms with Gasteiger partial charge in [0, 0.05) is 31.8 Å². The summed E-state index contributed by atoms with van der Waals surface area (Å²) in [5.41, 5.74) is 1.87. The van der Waals surface area contributed by atoms with Crippen LogP contribution in [0.25, 0.3) is 0 Å². The molecular weight excluding hydrogens is 675 g/mol. The van der Waals surface area contributed by atoms with Crippen molar-refractivity contribution in [2.45, 2.75) is 132 Å². The van der Waals surface area contributed by atoms with Gasteiger partial charge in [0.05, 0.1) is 11.8 Å². The molecule has 1 aromatic rings. The van der Waals surface area contributed by atoms with E-state index in [4.69, 9.17) is 4.74 Å². The highest BCUT2D eigenvalue weighted by molar-refractivity contribution is 7.91. The molecule has 0 spiro atoms. The number of fused-ring (bicyclic) bond motifs is 3. The molecule has 0 radical (unpaired) electrons. The standard InChI is InChI=1S/C37H49N5O8S/c1-2-26-19-37(26,35(46)40-51(48,49)28-16-17-28)39-33(44)30-18-27-21-42(30)34(45)32(24-11-7-8-12-24)38-31(43)15-6-4-3-5-10-23-13-9-14-25-20-41(22-29(23)25)36(47)50-27/h2,9,13-14,24,26-28,30,32H,1,3-8,10-12,15-22H2,(H,38,43)(H,39,44)(H,40,46)/t26-,27-,30+,32+,37+/m1/s1. The lowest BCUT2D eigenvalue weighted by Gasteiger charge is -2.32. The average molecular weight is 724 g/mol. The molecule has 3 saturated carbocycles. The topological polar surface area (TPSA) is 171 Å². The number of carbonyl (C=O) groups is 5. The van der Waals surface area contributed by atoms with E-state index in [1.807, 2.05) is 12.1 Å². The Morgan fingerprint density at radius 3 is 2.39 bits per heavy atom. The largest absolute Gasteiger partial charge is 0.444 e. The van der Waals surface area contributed by atoms with E-state index in [0.717, 1.165) is 62.5 Å². The summed E-state index contributed by atoms with van der Waals surface area (Å²) >= 11 is 0. The normalized spacial score (nSPS) is 30.5. The summed E-state index contributed by atoms with van der Waals surface area (Å²) in [6.45, 7) is 4.53. The second-order valence-corrected chi connectivity index (χ2v) is 17.3. The van der Waals surface area contributed by atoms with E-state index < -0.39 is 68.7 Å². The highest BCUT2D eigenvalue weighted by Gasteiger charge is 2.62. The maximum Gasteiger partial charge on any atom is 0.410 e. The minimum atomic E-state index is -3.88. The Balaban J connectivity index is 1.15. The fraction of sp³-hybridized carbons (Fsp3) is 0.649. The van der Waals surface area contributed by atoms with Crippen molar-refractivity contribution in [1.29, 1.82) is 0 Å². The quantitative estimate of drug-likeness (QED) is 0.361. The van der Waals surface area contributed by atoms with Gasteiger partial charge in [0.1, 0.15) is 23.7 Å². The van der Waals surface area contributed by atoms with Crippen molar-refractivity contribution in [3.05, 3.63) is 47.5 Å². The number of nitrogens with one attached hydrogen (secondary N) is 3. The molecule has 1 saturated heterocycles. The SMILES string of the molecule is C=C[C@@H]1C[C@@]1(NC(=O)[C@@H]1C[C@@H]2CN1C(=O)[C@H](C1CCCC1)NC(=O)CCCCCCc1cccc3c1CN(C3)C(=O)O2)C(=O)NS(=O)(=O)C1CC1. The predicted molar refractivity (Wildman–Crippen MR) is 186 cm³/mol. The number of hydrogen-bond acceptors (Lipinski definition) is 8. The molecule has 13 nitrogen and oxygen atoms in total. The second kappa shape index (κ2) is 14.2. The summed E-state index contributed by atoms with van der Waals surface area (Å²) in [6.07, 6.45) is 9.28. The van der Waals surface area contributed by atoms with E-state index in [0.29, 0.717) is 38.8 Å². The first-order chi connectivity index (χ1) is 24.5. The molecule has 3 aliphatic heterocycles. The van der Waals surface area contributed by atoms with Crippen LogP contribution in [0.2, 0.25) is 0 Å². The van der Waals surface area contributed by atoms with Crippen LogP contribution in [0.3, 0.4) is 0 Å². The Bertz CT molecular complexity index is 1710. The van der Waals surface area contributed by atoms with Crippen molar-refractivity contribution in [3.63, 3.8) is 0 Å². The van der Waals surface area contributed by atoms with E-state index >= 15 is 0 Å². The third-order valence-electron chi connectivity index (χ3n) is 11.8. The van der Waals surface area contributed by atoms with Gasteiger partial charge in [-0.05, 0) is 74.0 Å². The van der Waals surface area contributed by atoms with Crippen LogP contribution in [0, 0.1) is 11.8 Å². The number of hydrogen-bond donors (Lipinski definition) is 3. The second-order valence-electron chi connectivity index (χ2n) is 15.3. The van der Waals surface area contributed by atoms with E-state index in [9.17, 15) is 32.4 Å². The zero-order chi connectivity index (χ0) is 35.9. The summed E-state index contributed by atoms with van der Waals surface area (Å²) < 4.78 is 33.5. The Kier molecular flexibility index (Phi) is 9.90. The highest BCUT2D eigenvalue weighted by Crippen LogP contribution is 2.45. The van der Waals surface area contributed by atoms with Gasteiger partial charge in [-0.1, -0.05) is 50.0 Å². The molecule has 0 unspecified atom stereocenters. The molecule has 4 fully saturated rings. The fourth-order valence-electron chi connectivity index (χ4n) is 8.52. The van der Waals surface area contributed by atoms with Crippen molar-refractivity contribution >= 4 is 39.7 Å². The van der Waals surface area contributed by atoms with Crippen molar-refractivity contribution < 1.29 is 37.1 Å². The molecule has 1 aromatic carbocycles. The van der Waals surface area contributed by atoms with Gasteiger partial charge in [0.15, 0.2) is 0 Å². The minimum absolute atomic E-state index is 0.0164. The Labute approximate surface area is 299 Å². The third-order valence-corrected chi connectivity index (χ3v) is 13.6. The molecule has 3 N–H and O–H groups in total. The smallest absolute Gasteiger partial charge is 0.410 e. The number of rotatable bonds is 7. The third kappa shape index (κ3) is 7.38. The molecule has 14 heteroatoms. The molecule has 3 heterocycles. The van der Waals surface area contributed by atoms with Crippen LogP contribution < -0.4 is 15.4 Å². The van der Waals surface area contributed by atoms with Gasteiger partial charge in [-0.15, -0.1) is 6.58 Å². The van der Waals surface area contributed by atoms with Crippen molar-refractivity contribution in [2.24, 2.45) is 11.8 Å². The van der Waals surface area contributed by atoms with Crippen LogP contribution >= 0.6 is 0 Å². The fourth-order valence-corrected chi connectivity index (χ4v) is 9.88. The van der Waals surface area contributed by atoms with Crippen LogP contribution in [-0.4, -0.2) is 83.5 Å². The molecule has 6 aliphatic rings. The maximum atomic E-state index is 14.5. The first-order valence-corrected chi connectivity index (χ1v) is 20.2. The van der Waals surface area contributed by atoms with Crippen molar-refractivity contribution in [2.75, 3.05) is 6.54 Å². The van der Waals surface area contributed by atoms with Gasteiger partial charge >= 0.3 is 6.09 Å². The number of nitrogens with zero attached hydrogens (tertiary/aromatic N) is 2. The summed E-state index contributed by atoms with van der Waals surface area (Å²) in [4.78, 5) is 72.1. The van der Waals surface area contributed by atoms with Crippen LogP contribution in [0.4, 0.5) is 4.79 Å². The predicted octanol–water partition coefficient (Wildman–Crippen LogP) is 2.96. The number of ether oxygens (including phenoxy) is 1. The lowest BCUT2D eigenvalue weighted by Crippen LogP contribution is -2.59. The number of sulfonamides is 1. The monoisotopic (exact) mass is 723 g/mol. The van der Waals surface area contributed by atoms with E-state index in [1.54, 1.807) is 4.90 Å². The molecule has 5 amide bonds. The van der Waals surface area contributed by atoms with Crippen molar-refractivity contribution in [1.82, 2.24) is 25.2 Å². The van der Waals surface area contributed by atoms with E-state index in [2.05, 4.69) is 28.0 Å². The molecule has 51 heavy (non-hydrogen) atoms. The zero-order valence-electron chi connectivity index (χ0n) is 29.1. The molecule has 276 valence electrons. The Hall–Kier alpha value is -3.94. The summed E-state index contributed by atoms with van der Waals surface area (Å²) in [5.74, 6) is -2.72. The molecule has 7 rings (SSSR count). The van der Waals surface area contributed by atoms with Crippen molar-refractivity contribution in [3.8, 4) is 0 Å². The van der Waals surface area contributed by atoms with Gasteiger partial charge in [-0.25, -0.2) is 13.2 Å². The highest BCUT2D eigenvalue weighted by atomic mass is 32.2. The average Bonchev–Trinajstić information content (AvgIpc) is 3.88. The summed E-state index contributed by atoms with van der Waals surface area (Å²) in [7, 11) is -3.88. The Morgan fingerprint density at radius 1 is 0.961 bits per heavy atom. The zero-order valence-corrected chi connectivity index (χ0v) is 29.9. The lowest BCUT2D eigenvalue weighted by molar-refractivity contribution is -0.143. The maximum absolute atomic E-state index is 14.5. The summed E-state index contributed by atoms with van der Waals surface area (Å²) in [6, 6.07) is 4.16. The van der Waals surface area contributed by atoms with Crippen LogP contribution in [0.15, 0.2) is 30.9 Å². The van der Waals surface area contributed by atoms with E-state index in [-0.39, 0.29) is 31.2 Å². The van der Waals surface area contributed by atoms with Gasteiger partial charge in [-0.2, -0.15) is 0 Å². The molecule has 5 atom stereocenters. The first kappa shape index (κ1) is 35.5. The molecule has 4 bridgehead atoms. The minimum Gasteiger partial charge on any atom is -0.444 e. The number of benzene rings is 1. The number of aryl methyl sites for hydroxylation is 1. The van der Waals surface area contributed by atoms with Gasteiger partial charge in [-0.3, -0.25) is 28.8 Å². The molecule has 0 aromatic heterocycles.